The van der Waals surface area contributed by atoms with Crippen LogP contribution in [0.1, 0.15) is 15.9 Å². The van der Waals surface area contributed by atoms with Gasteiger partial charge in [0.05, 0.1) is 11.0 Å². The number of ether oxygens (including phenoxy) is 1. The zero-order valence-corrected chi connectivity index (χ0v) is 14.5. The summed E-state index contributed by atoms with van der Waals surface area (Å²) in [6.07, 6.45) is 0. The summed E-state index contributed by atoms with van der Waals surface area (Å²) in [5.74, 6) is -1.14. The molecule has 0 saturated carbocycles. The summed E-state index contributed by atoms with van der Waals surface area (Å²) in [7, 11) is 0. The molecule has 1 heterocycles. The first-order valence-corrected chi connectivity index (χ1v) is 8.40. The summed E-state index contributed by atoms with van der Waals surface area (Å²) < 4.78 is 45.1. The van der Waals surface area contributed by atoms with Gasteiger partial charge in [0.2, 0.25) is 5.91 Å². The van der Waals surface area contributed by atoms with Gasteiger partial charge >= 0.3 is 6.61 Å². The molecule has 1 aromatic heterocycles. The van der Waals surface area contributed by atoms with Crippen LogP contribution >= 0.6 is 0 Å². The highest BCUT2D eigenvalue weighted by Gasteiger charge is 2.17. The number of alkyl halides is 2. The Morgan fingerprint density at radius 3 is 2.64 bits per heavy atom. The fourth-order valence-electron chi connectivity index (χ4n) is 3.41. The number of hydrogen-bond acceptors (Lipinski definition) is 2. The molecule has 141 valence electrons. The molecular formula is C21H14F3N2O2. The third-order valence-electron chi connectivity index (χ3n) is 4.49. The van der Waals surface area contributed by atoms with Gasteiger partial charge in [0.25, 0.3) is 0 Å². The van der Waals surface area contributed by atoms with Crippen molar-refractivity contribution in [1.29, 1.82) is 0 Å². The molecule has 0 aliphatic rings. The number of carbonyl (C=O) groups is 1. The van der Waals surface area contributed by atoms with Crippen molar-refractivity contribution in [2.75, 3.05) is 0 Å². The normalized spacial score (nSPS) is 11.4. The van der Waals surface area contributed by atoms with Crippen LogP contribution in [-0.4, -0.2) is 17.1 Å². The molecule has 0 spiro atoms. The summed E-state index contributed by atoms with van der Waals surface area (Å²) in [6, 6.07) is 16.9. The number of amides is 1. The van der Waals surface area contributed by atoms with Gasteiger partial charge in [0.15, 0.2) is 0 Å². The van der Waals surface area contributed by atoms with Crippen molar-refractivity contribution in [2.24, 2.45) is 5.73 Å². The Labute approximate surface area is 157 Å². The molecule has 1 amide bonds. The lowest BCUT2D eigenvalue weighted by atomic mass is 10.1. The Balaban J connectivity index is 1.92. The smallest absolute Gasteiger partial charge is 0.387 e. The lowest BCUT2D eigenvalue weighted by molar-refractivity contribution is -0.0498. The molecule has 3 aromatic carbocycles. The van der Waals surface area contributed by atoms with E-state index in [4.69, 9.17) is 5.73 Å². The number of fused-ring (bicyclic) bond motifs is 3. The number of nitrogens with zero attached hydrogens (tertiary/aromatic N) is 1. The van der Waals surface area contributed by atoms with Crippen LogP contribution in [0.4, 0.5) is 13.2 Å². The van der Waals surface area contributed by atoms with E-state index in [0.717, 1.165) is 0 Å². The van der Waals surface area contributed by atoms with E-state index in [2.05, 4.69) is 10.8 Å². The molecule has 1 radical (unpaired) electrons. The van der Waals surface area contributed by atoms with E-state index in [1.165, 1.54) is 18.2 Å². The number of aromatic nitrogens is 1. The Kier molecular flexibility index (Phi) is 4.43. The van der Waals surface area contributed by atoms with E-state index in [0.29, 0.717) is 33.9 Å². The van der Waals surface area contributed by atoms with Crippen LogP contribution in [0, 0.1) is 11.9 Å². The van der Waals surface area contributed by atoms with E-state index in [9.17, 15) is 18.0 Å². The number of rotatable bonds is 5. The minimum Gasteiger partial charge on any atom is -0.435 e. The van der Waals surface area contributed by atoms with E-state index >= 15 is 0 Å². The van der Waals surface area contributed by atoms with Crippen molar-refractivity contribution in [2.45, 2.75) is 13.2 Å². The summed E-state index contributed by atoms with van der Waals surface area (Å²) in [5.41, 5.74) is 7.76. The highest BCUT2D eigenvalue weighted by atomic mass is 19.3. The summed E-state index contributed by atoms with van der Waals surface area (Å²) in [5, 5.41) is 0.939. The van der Waals surface area contributed by atoms with Gasteiger partial charge < -0.3 is 15.0 Å². The molecule has 0 fully saturated rings. The van der Waals surface area contributed by atoms with Crippen LogP contribution in [-0.2, 0) is 6.54 Å². The first kappa shape index (κ1) is 17.9. The molecule has 4 aromatic rings. The molecule has 0 unspecified atom stereocenters. The molecule has 7 heteroatoms. The minimum atomic E-state index is -2.92. The largest absolute Gasteiger partial charge is 0.435 e. The number of carbonyl (C=O) groups excluding carboxylic acids is 1. The number of primary amides is 1. The van der Waals surface area contributed by atoms with Crippen molar-refractivity contribution < 1.29 is 22.7 Å². The molecular weight excluding hydrogens is 369 g/mol. The molecule has 2 N–H and O–H groups in total. The van der Waals surface area contributed by atoms with E-state index in [1.54, 1.807) is 36.4 Å². The molecule has 0 aliphatic heterocycles. The maximum atomic E-state index is 13.8. The fourth-order valence-corrected chi connectivity index (χ4v) is 3.41. The SMILES string of the molecule is NC(=O)c1cccc2c1c1[c]c(F)ccc1n2Cc1cccc(OC(F)F)c1. The topological polar surface area (TPSA) is 57.2 Å². The summed E-state index contributed by atoms with van der Waals surface area (Å²) >= 11 is 0. The van der Waals surface area contributed by atoms with Crippen LogP contribution in [0.15, 0.2) is 54.6 Å². The van der Waals surface area contributed by atoms with Crippen LogP contribution in [0.25, 0.3) is 21.8 Å². The van der Waals surface area contributed by atoms with E-state index < -0.39 is 18.3 Å². The highest BCUT2D eigenvalue weighted by molar-refractivity contribution is 6.17. The lowest BCUT2D eigenvalue weighted by Gasteiger charge is -2.10. The standard InChI is InChI=1S/C21H14F3N2O2/c22-13-7-8-17-16(10-13)19-15(20(25)27)5-2-6-18(19)26(17)11-12-3-1-4-14(9-12)28-21(23)24/h1-9,21H,11H2,(H2,25,27). The van der Waals surface area contributed by atoms with Crippen LogP contribution in [0.2, 0.25) is 0 Å². The molecule has 0 aliphatic carbocycles. The van der Waals surface area contributed by atoms with Crippen molar-refractivity contribution in [1.82, 2.24) is 4.57 Å². The third-order valence-corrected chi connectivity index (χ3v) is 4.49. The van der Waals surface area contributed by atoms with Crippen molar-refractivity contribution in [3.05, 3.63) is 77.6 Å². The van der Waals surface area contributed by atoms with Gasteiger partial charge in [-0.15, -0.1) is 0 Å². The number of hydrogen-bond donors (Lipinski definition) is 1. The zero-order chi connectivity index (χ0) is 19.8. The van der Waals surface area contributed by atoms with Gasteiger partial charge in [-0.1, -0.05) is 18.2 Å². The quantitative estimate of drug-likeness (QED) is 0.552. The fraction of sp³-hybridized carbons (Fsp3) is 0.0952. The second-order valence-electron chi connectivity index (χ2n) is 6.24. The zero-order valence-electron chi connectivity index (χ0n) is 14.5. The Bertz CT molecular complexity index is 1200. The number of benzene rings is 3. The second kappa shape index (κ2) is 6.92. The van der Waals surface area contributed by atoms with E-state index in [1.807, 2.05) is 4.57 Å². The molecule has 0 bridgehead atoms. The van der Waals surface area contributed by atoms with Crippen LogP contribution in [0.5, 0.6) is 5.75 Å². The minimum absolute atomic E-state index is 0.0451. The Morgan fingerprint density at radius 1 is 1.11 bits per heavy atom. The van der Waals surface area contributed by atoms with Crippen LogP contribution < -0.4 is 10.5 Å². The molecule has 0 atom stereocenters. The van der Waals surface area contributed by atoms with Crippen molar-refractivity contribution in [3.63, 3.8) is 0 Å². The van der Waals surface area contributed by atoms with Crippen molar-refractivity contribution >= 4 is 27.7 Å². The molecule has 28 heavy (non-hydrogen) atoms. The second-order valence-corrected chi connectivity index (χ2v) is 6.24. The Morgan fingerprint density at radius 2 is 1.89 bits per heavy atom. The average Bonchev–Trinajstić information content (AvgIpc) is 2.94. The number of nitrogens with two attached hydrogens (primary N) is 1. The highest BCUT2D eigenvalue weighted by Crippen LogP contribution is 2.32. The Hall–Kier alpha value is -3.48. The molecule has 4 rings (SSSR count). The van der Waals surface area contributed by atoms with Gasteiger partial charge in [-0.25, -0.2) is 4.39 Å². The lowest BCUT2D eigenvalue weighted by Crippen LogP contribution is -2.11. The van der Waals surface area contributed by atoms with Gasteiger partial charge in [-0.05, 0) is 42.0 Å². The molecule has 0 saturated heterocycles. The van der Waals surface area contributed by atoms with Gasteiger partial charge in [-0.2, -0.15) is 8.78 Å². The van der Waals surface area contributed by atoms with Crippen LogP contribution in [0.3, 0.4) is 0 Å². The third kappa shape index (κ3) is 3.15. The van der Waals surface area contributed by atoms with E-state index in [-0.39, 0.29) is 11.3 Å². The number of halogens is 3. The maximum Gasteiger partial charge on any atom is 0.387 e. The monoisotopic (exact) mass is 383 g/mol. The first-order valence-electron chi connectivity index (χ1n) is 8.40. The van der Waals surface area contributed by atoms with Gasteiger partial charge in [0.1, 0.15) is 11.6 Å². The first-order chi connectivity index (χ1) is 13.4. The van der Waals surface area contributed by atoms with Gasteiger partial charge in [0, 0.05) is 28.9 Å². The maximum absolute atomic E-state index is 13.8. The van der Waals surface area contributed by atoms with Crippen molar-refractivity contribution in [3.8, 4) is 5.75 Å². The average molecular weight is 383 g/mol. The summed E-state index contributed by atoms with van der Waals surface area (Å²) in [4.78, 5) is 11.9. The summed E-state index contributed by atoms with van der Waals surface area (Å²) in [6.45, 7) is -2.62. The van der Waals surface area contributed by atoms with Gasteiger partial charge in [-0.3, -0.25) is 4.79 Å². The predicted octanol–water partition coefficient (Wildman–Crippen LogP) is 4.48. The predicted molar refractivity (Wildman–Crippen MR) is 98.9 cm³/mol. The molecule has 4 nitrogen and oxygen atoms in total.